The molecule has 1 fully saturated rings. The summed E-state index contributed by atoms with van der Waals surface area (Å²) >= 11 is 0. The Morgan fingerprint density at radius 3 is 2.67 bits per heavy atom. The molecule has 1 heterocycles. The fourth-order valence-electron chi connectivity index (χ4n) is 1.39. The molecule has 1 aliphatic rings. The SMILES string of the molecule is CC[CH]C(=O)N1CCC(O)CC1. The van der Waals surface area contributed by atoms with Crippen molar-refractivity contribution < 1.29 is 9.90 Å². The van der Waals surface area contributed by atoms with Crippen LogP contribution in [0.1, 0.15) is 26.2 Å². The first-order valence-electron chi connectivity index (χ1n) is 4.54. The van der Waals surface area contributed by atoms with E-state index in [0.29, 0.717) is 13.1 Å². The van der Waals surface area contributed by atoms with Gasteiger partial charge in [-0.15, -0.1) is 0 Å². The van der Waals surface area contributed by atoms with Crippen molar-refractivity contribution in [2.24, 2.45) is 0 Å². The number of likely N-dealkylation sites (tertiary alicyclic amines) is 1. The number of piperidine rings is 1. The van der Waals surface area contributed by atoms with E-state index in [4.69, 9.17) is 0 Å². The summed E-state index contributed by atoms with van der Waals surface area (Å²) in [6.45, 7) is 3.36. The number of aliphatic hydroxyl groups is 1. The van der Waals surface area contributed by atoms with Gasteiger partial charge in [0.1, 0.15) is 0 Å². The number of hydrogen-bond donors (Lipinski definition) is 1. The van der Waals surface area contributed by atoms with E-state index in [1.54, 1.807) is 11.3 Å². The van der Waals surface area contributed by atoms with E-state index in [-0.39, 0.29) is 12.0 Å². The lowest BCUT2D eigenvalue weighted by Crippen LogP contribution is -2.40. The van der Waals surface area contributed by atoms with Crippen molar-refractivity contribution in [2.45, 2.75) is 32.3 Å². The van der Waals surface area contributed by atoms with Gasteiger partial charge in [0.25, 0.3) is 0 Å². The smallest absolute Gasteiger partial charge is 0.226 e. The van der Waals surface area contributed by atoms with Gasteiger partial charge in [0.2, 0.25) is 5.91 Å². The second kappa shape index (κ2) is 4.45. The summed E-state index contributed by atoms with van der Waals surface area (Å²) < 4.78 is 0. The molecular formula is C9H16NO2. The van der Waals surface area contributed by atoms with Crippen LogP contribution >= 0.6 is 0 Å². The zero-order chi connectivity index (χ0) is 8.97. The maximum atomic E-state index is 11.3. The molecule has 0 aliphatic carbocycles. The molecule has 1 amide bonds. The molecule has 1 radical (unpaired) electrons. The van der Waals surface area contributed by atoms with Crippen LogP contribution in [0.4, 0.5) is 0 Å². The number of hydrogen-bond acceptors (Lipinski definition) is 2. The first kappa shape index (κ1) is 9.52. The summed E-state index contributed by atoms with van der Waals surface area (Å²) in [5, 5.41) is 9.19. The van der Waals surface area contributed by atoms with Crippen LogP contribution < -0.4 is 0 Å². The zero-order valence-electron chi connectivity index (χ0n) is 7.49. The van der Waals surface area contributed by atoms with Gasteiger partial charge < -0.3 is 10.0 Å². The lowest BCUT2D eigenvalue weighted by atomic mass is 10.1. The highest BCUT2D eigenvalue weighted by Crippen LogP contribution is 2.10. The second-order valence-electron chi connectivity index (χ2n) is 3.17. The van der Waals surface area contributed by atoms with Crippen LogP contribution in [0.25, 0.3) is 0 Å². The van der Waals surface area contributed by atoms with E-state index in [1.165, 1.54) is 0 Å². The third-order valence-electron chi connectivity index (χ3n) is 2.15. The number of carbonyl (C=O) groups is 1. The second-order valence-corrected chi connectivity index (χ2v) is 3.17. The molecule has 1 saturated heterocycles. The lowest BCUT2D eigenvalue weighted by molar-refractivity contribution is -0.129. The maximum absolute atomic E-state index is 11.3. The Kier molecular flexibility index (Phi) is 3.53. The van der Waals surface area contributed by atoms with E-state index in [2.05, 4.69) is 0 Å². The maximum Gasteiger partial charge on any atom is 0.226 e. The quantitative estimate of drug-likeness (QED) is 0.658. The first-order chi connectivity index (χ1) is 5.74. The Hall–Kier alpha value is -0.570. The van der Waals surface area contributed by atoms with E-state index in [9.17, 15) is 9.90 Å². The van der Waals surface area contributed by atoms with Gasteiger partial charge in [0.15, 0.2) is 0 Å². The molecule has 0 aromatic rings. The number of amides is 1. The van der Waals surface area contributed by atoms with E-state index in [1.807, 2.05) is 6.92 Å². The van der Waals surface area contributed by atoms with Crippen molar-refractivity contribution in [3.63, 3.8) is 0 Å². The molecule has 0 aromatic carbocycles. The Balaban J connectivity index is 2.29. The summed E-state index contributed by atoms with van der Waals surface area (Å²) in [5.74, 6) is 0.115. The number of carbonyl (C=O) groups excluding carboxylic acids is 1. The molecule has 0 aromatic heterocycles. The van der Waals surface area contributed by atoms with E-state index < -0.39 is 0 Å². The summed E-state index contributed by atoms with van der Waals surface area (Å²) in [7, 11) is 0. The van der Waals surface area contributed by atoms with Crippen molar-refractivity contribution >= 4 is 5.91 Å². The van der Waals surface area contributed by atoms with Crippen molar-refractivity contribution in [3.8, 4) is 0 Å². The molecule has 1 aliphatic heterocycles. The number of aliphatic hydroxyl groups excluding tert-OH is 1. The first-order valence-corrected chi connectivity index (χ1v) is 4.54. The van der Waals surface area contributed by atoms with Crippen LogP contribution in [0.15, 0.2) is 0 Å². The molecule has 3 heteroatoms. The average Bonchev–Trinajstić information content (AvgIpc) is 2.06. The Morgan fingerprint density at radius 1 is 1.58 bits per heavy atom. The van der Waals surface area contributed by atoms with Crippen molar-refractivity contribution in [3.05, 3.63) is 6.42 Å². The largest absolute Gasteiger partial charge is 0.393 e. The molecule has 0 saturated carbocycles. The Bertz CT molecular complexity index is 151. The zero-order valence-corrected chi connectivity index (χ0v) is 7.49. The van der Waals surface area contributed by atoms with Gasteiger partial charge in [0, 0.05) is 19.5 Å². The van der Waals surface area contributed by atoms with Gasteiger partial charge in [0.05, 0.1) is 6.10 Å². The van der Waals surface area contributed by atoms with Gasteiger partial charge in [-0.3, -0.25) is 4.79 Å². The van der Waals surface area contributed by atoms with Crippen LogP contribution in [0.5, 0.6) is 0 Å². The van der Waals surface area contributed by atoms with Crippen LogP contribution in [-0.4, -0.2) is 35.1 Å². The van der Waals surface area contributed by atoms with E-state index >= 15 is 0 Å². The standard InChI is InChI=1S/C9H16NO2/c1-2-3-9(12)10-6-4-8(11)5-7-10/h3,8,11H,2,4-7H2,1H3. The van der Waals surface area contributed by atoms with Crippen LogP contribution in [0.3, 0.4) is 0 Å². The highest BCUT2D eigenvalue weighted by molar-refractivity contribution is 5.84. The number of rotatable bonds is 2. The van der Waals surface area contributed by atoms with Gasteiger partial charge in [-0.05, 0) is 19.3 Å². The van der Waals surface area contributed by atoms with Crippen molar-refractivity contribution in [1.82, 2.24) is 4.90 Å². The van der Waals surface area contributed by atoms with Crippen molar-refractivity contribution in [1.29, 1.82) is 0 Å². The molecule has 1 rings (SSSR count). The monoisotopic (exact) mass is 170 g/mol. The minimum absolute atomic E-state index is 0.115. The third kappa shape index (κ3) is 2.48. The summed E-state index contributed by atoms with van der Waals surface area (Å²) in [6.07, 6.45) is 3.73. The molecular weight excluding hydrogens is 154 g/mol. The van der Waals surface area contributed by atoms with E-state index in [0.717, 1.165) is 19.3 Å². The fourth-order valence-corrected chi connectivity index (χ4v) is 1.39. The molecule has 0 atom stereocenters. The van der Waals surface area contributed by atoms with Gasteiger partial charge in [-0.25, -0.2) is 0 Å². The fraction of sp³-hybridized carbons (Fsp3) is 0.778. The Labute approximate surface area is 73.4 Å². The van der Waals surface area contributed by atoms with Crippen LogP contribution in [0, 0.1) is 6.42 Å². The minimum Gasteiger partial charge on any atom is -0.393 e. The Morgan fingerprint density at radius 2 is 2.17 bits per heavy atom. The molecule has 0 unspecified atom stereocenters. The molecule has 0 spiro atoms. The van der Waals surface area contributed by atoms with Gasteiger partial charge >= 0.3 is 0 Å². The molecule has 0 bridgehead atoms. The summed E-state index contributed by atoms with van der Waals surface area (Å²) in [6, 6.07) is 0. The molecule has 3 nitrogen and oxygen atoms in total. The molecule has 69 valence electrons. The average molecular weight is 170 g/mol. The summed E-state index contributed by atoms with van der Waals surface area (Å²) in [4.78, 5) is 13.1. The predicted octanol–water partition coefficient (Wildman–Crippen LogP) is 0.584. The number of nitrogens with zero attached hydrogens (tertiary/aromatic N) is 1. The van der Waals surface area contributed by atoms with Gasteiger partial charge in [-0.1, -0.05) is 6.92 Å². The highest BCUT2D eigenvalue weighted by atomic mass is 16.3. The van der Waals surface area contributed by atoms with Gasteiger partial charge in [-0.2, -0.15) is 0 Å². The summed E-state index contributed by atoms with van der Waals surface area (Å²) in [5.41, 5.74) is 0. The topological polar surface area (TPSA) is 40.5 Å². The third-order valence-corrected chi connectivity index (χ3v) is 2.15. The molecule has 12 heavy (non-hydrogen) atoms. The van der Waals surface area contributed by atoms with Crippen LogP contribution in [0.2, 0.25) is 0 Å². The van der Waals surface area contributed by atoms with Crippen LogP contribution in [-0.2, 0) is 4.79 Å². The molecule has 1 N–H and O–H groups in total. The predicted molar refractivity (Wildman–Crippen MR) is 46.4 cm³/mol. The normalized spacial score (nSPS) is 19.7. The lowest BCUT2D eigenvalue weighted by Gasteiger charge is -2.29. The van der Waals surface area contributed by atoms with Crippen molar-refractivity contribution in [2.75, 3.05) is 13.1 Å². The minimum atomic E-state index is -0.198. The highest BCUT2D eigenvalue weighted by Gasteiger charge is 2.20.